The summed E-state index contributed by atoms with van der Waals surface area (Å²) in [7, 11) is 0. The third-order valence-electron chi connectivity index (χ3n) is 7.35. The summed E-state index contributed by atoms with van der Waals surface area (Å²) in [5.74, 6) is 0. The number of hydrogen-bond donors (Lipinski definition) is 0. The second kappa shape index (κ2) is 6.17. The second-order valence-electron chi connectivity index (χ2n) is 9.19. The summed E-state index contributed by atoms with van der Waals surface area (Å²) in [5.41, 5.74) is 6.05. The average molecular weight is 465 g/mol. The van der Waals surface area contributed by atoms with Crippen LogP contribution in [-0.4, -0.2) is 9.38 Å². The van der Waals surface area contributed by atoms with E-state index < -0.39 is 0 Å². The lowest BCUT2D eigenvalue weighted by Crippen LogP contribution is -1.92. The molecule has 0 N–H and O–H groups in total. The summed E-state index contributed by atoms with van der Waals surface area (Å²) in [6.45, 7) is 0. The molecule has 35 heavy (non-hydrogen) atoms. The van der Waals surface area contributed by atoms with E-state index in [-0.39, 0.29) is 0 Å². The fourth-order valence-corrected chi connectivity index (χ4v) is 7.10. The minimum Gasteiger partial charge on any atom is -0.456 e. The maximum Gasteiger partial charge on any atom is 0.146 e. The first kappa shape index (κ1) is 18.0. The monoisotopic (exact) mass is 464 g/mol. The Kier molecular flexibility index (Phi) is 3.17. The number of benzene rings is 5. The van der Waals surface area contributed by atoms with Crippen molar-refractivity contribution in [3.63, 3.8) is 0 Å². The molecule has 4 heteroatoms. The molecule has 4 heterocycles. The van der Waals surface area contributed by atoms with Crippen molar-refractivity contribution in [3.05, 3.63) is 97.1 Å². The van der Waals surface area contributed by atoms with Crippen molar-refractivity contribution in [2.24, 2.45) is 0 Å². The number of furan rings is 1. The van der Waals surface area contributed by atoms with E-state index in [1.807, 2.05) is 23.5 Å². The van der Waals surface area contributed by atoms with Crippen LogP contribution >= 0.6 is 11.3 Å². The zero-order chi connectivity index (χ0) is 22.7. The number of nitrogens with zero attached hydrogens (tertiary/aromatic N) is 2. The third kappa shape index (κ3) is 2.18. The van der Waals surface area contributed by atoms with Crippen molar-refractivity contribution in [2.75, 3.05) is 0 Å². The number of imidazole rings is 1. The van der Waals surface area contributed by atoms with Crippen LogP contribution in [0.2, 0.25) is 0 Å². The SMILES string of the molecule is c1ccc2c(c1)nc1c3ccc4c5ccccc5sc4c3c3cc4c(cc3n21)oc1ccccc14. The molecule has 0 amide bonds. The van der Waals surface area contributed by atoms with E-state index in [4.69, 9.17) is 9.40 Å². The zero-order valence-electron chi connectivity index (χ0n) is 18.4. The first-order valence-corrected chi connectivity index (χ1v) is 12.5. The molecule has 0 aliphatic carbocycles. The summed E-state index contributed by atoms with van der Waals surface area (Å²) in [5, 5.41) is 8.59. The van der Waals surface area contributed by atoms with Gasteiger partial charge in [-0.1, -0.05) is 54.6 Å². The molecule has 0 aliphatic rings. The van der Waals surface area contributed by atoms with Crippen molar-refractivity contribution in [2.45, 2.75) is 0 Å². The fourth-order valence-electron chi connectivity index (χ4n) is 5.84. The third-order valence-corrected chi connectivity index (χ3v) is 8.56. The molecule has 4 aromatic heterocycles. The standard InChI is InChI=1S/C31H16N2OS/c1-5-11-26-17(7-1)21-15-22-25(16-27(21)34-26)33-24-10-4-3-9-23(24)32-31(33)20-14-13-19-18-8-2-6-12-28(18)35-30(19)29(20)22/h1-16H. The first-order valence-electron chi connectivity index (χ1n) is 11.7. The maximum absolute atomic E-state index is 6.31. The summed E-state index contributed by atoms with van der Waals surface area (Å²) in [6.07, 6.45) is 0. The molecule has 3 nitrogen and oxygen atoms in total. The Morgan fingerprint density at radius 1 is 0.600 bits per heavy atom. The van der Waals surface area contributed by atoms with Crippen LogP contribution in [0, 0.1) is 0 Å². The number of thiophene rings is 1. The van der Waals surface area contributed by atoms with Gasteiger partial charge in [0, 0.05) is 53.2 Å². The Morgan fingerprint density at radius 3 is 2.37 bits per heavy atom. The lowest BCUT2D eigenvalue weighted by molar-refractivity contribution is 0.669. The van der Waals surface area contributed by atoms with E-state index in [2.05, 4.69) is 89.3 Å². The predicted molar refractivity (Wildman–Crippen MR) is 148 cm³/mol. The lowest BCUT2D eigenvalue weighted by Gasteiger charge is -2.10. The van der Waals surface area contributed by atoms with Gasteiger partial charge in [-0.25, -0.2) is 4.98 Å². The largest absolute Gasteiger partial charge is 0.456 e. The van der Waals surface area contributed by atoms with Gasteiger partial charge in [0.05, 0.1) is 16.6 Å². The van der Waals surface area contributed by atoms with Gasteiger partial charge >= 0.3 is 0 Å². The van der Waals surface area contributed by atoms with Crippen molar-refractivity contribution in [3.8, 4) is 0 Å². The van der Waals surface area contributed by atoms with E-state index in [1.54, 1.807) is 0 Å². The van der Waals surface area contributed by atoms with E-state index in [0.717, 1.165) is 44.1 Å². The molecule has 0 aliphatic heterocycles. The molecule has 0 spiro atoms. The predicted octanol–water partition coefficient (Wildman–Crippen LogP) is 9.06. The molecule has 9 aromatic rings. The Hall–Kier alpha value is -4.41. The molecule has 0 unspecified atom stereocenters. The van der Waals surface area contributed by atoms with Crippen LogP contribution in [0.5, 0.6) is 0 Å². The molecule has 5 aromatic carbocycles. The number of hydrogen-bond acceptors (Lipinski definition) is 3. The molecule has 0 fully saturated rings. The lowest BCUT2D eigenvalue weighted by atomic mass is 10.0. The Morgan fingerprint density at radius 2 is 1.40 bits per heavy atom. The molecule has 0 radical (unpaired) electrons. The minimum absolute atomic E-state index is 0.903. The Balaban J connectivity index is 1.64. The molecule has 0 bridgehead atoms. The van der Waals surface area contributed by atoms with Gasteiger partial charge in [-0.3, -0.25) is 4.40 Å². The maximum atomic E-state index is 6.31. The van der Waals surface area contributed by atoms with Gasteiger partial charge in [-0.2, -0.15) is 0 Å². The molecular weight excluding hydrogens is 448 g/mol. The van der Waals surface area contributed by atoms with E-state index in [1.165, 1.54) is 36.3 Å². The number of aromatic nitrogens is 2. The number of para-hydroxylation sites is 3. The van der Waals surface area contributed by atoms with Crippen LogP contribution in [0.15, 0.2) is 101 Å². The molecular formula is C31H16N2OS. The molecule has 0 saturated carbocycles. The van der Waals surface area contributed by atoms with E-state index in [0.29, 0.717) is 0 Å². The highest BCUT2D eigenvalue weighted by Gasteiger charge is 2.19. The van der Waals surface area contributed by atoms with Gasteiger partial charge in [0.25, 0.3) is 0 Å². The molecule has 162 valence electrons. The van der Waals surface area contributed by atoms with E-state index in [9.17, 15) is 0 Å². The van der Waals surface area contributed by atoms with Gasteiger partial charge < -0.3 is 4.42 Å². The van der Waals surface area contributed by atoms with Crippen LogP contribution in [0.1, 0.15) is 0 Å². The van der Waals surface area contributed by atoms with Crippen LogP contribution < -0.4 is 0 Å². The number of pyridine rings is 1. The quantitative estimate of drug-likeness (QED) is 0.210. The number of rotatable bonds is 0. The highest BCUT2D eigenvalue weighted by atomic mass is 32.1. The molecule has 0 atom stereocenters. The summed E-state index contributed by atoms with van der Waals surface area (Å²) < 4.78 is 11.2. The zero-order valence-corrected chi connectivity index (χ0v) is 19.3. The van der Waals surface area contributed by atoms with Crippen LogP contribution in [0.3, 0.4) is 0 Å². The van der Waals surface area contributed by atoms with Gasteiger partial charge in [0.15, 0.2) is 0 Å². The van der Waals surface area contributed by atoms with Crippen LogP contribution in [0.25, 0.3) is 80.5 Å². The van der Waals surface area contributed by atoms with Crippen molar-refractivity contribution >= 4 is 91.8 Å². The minimum atomic E-state index is 0.903. The van der Waals surface area contributed by atoms with Gasteiger partial charge in [0.2, 0.25) is 0 Å². The summed E-state index contributed by atoms with van der Waals surface area (Å²) in [6, 6.07) is 34.5. The molecule has 0 saturated heterocycles. The summed E-state index contributed by atoms with van der Waals surface area (Å²) >= 11 is 1.87. The van der Waals surface area contributed by atoms with Crippen LogP contribution in [-0.2, 0) is 0 Å². The van der Waals surface area contributed by atoms with Crippen molar-refractivity contribution in [1.82, 2.24) is 9.38 Å². The topological polar surface area (TPSA) is 30.4 Å². The van der Waals surface area contributed by atoms with Crippen molar-refractivity contribution < 1.29 is 4.42 Å². The summed E-state index contributed by atoms with van der Waals surface area (Å²) in [4.78, 5) is 5.11. The van der Waals surface area contributed by atoms with Gasteiger partial charge in [0.1, 0.15) is 16.8 Å². The first-order chi connectivity index (χ1) is 17.3. The normalized spacial score (nSPS) is 12.6. The Bertz CT molecular complexity index is 2330. The van der Waals surface area contributed by atoms with E-state index >= 15 is 0 Å². The smallest absolute Gasteiger partial charge is 0.146 e. The highest BCUT2D eigenvalue weighted by Crippen LogP contribution is 2.44. The van der Waals surface area contributed by atoms with Crippen LogP contribution in [0.4, 0.5) is 0 Å². The van der Waals surface area contributed by atoms with Crippen molar-refractivity contribution in [1.29, 1.82) is 0 Å². The van der Waals surface area contributed by atoms with Gasteiger partial charge in [-0.05, 0) is 36.4 Å². The second-order valence-corrected chi connectivity index (χ2v) is 10.2. The average Bonchev–Trinajstić information content (AvgIpc) is 3.58. The fraction of sp³-hybridized carbons (Fsp3) is 0. The molecule has 9 rings (SSSR count). The number of fused-ring (bicyclic) bond motifs is 15. The van der Waals surface area contributed by atoms with Gasteiger partial charge in [-0.15, -0.1) is 11.3 Å². The Labute approximate surface area is 202 Å². The highest BCUT2D eigenvalue weighted by molar-refractivity contribution is 7.26.